The van der Waals surface area contributed by atoms with Gasteiger partial charge in [-0.2, -0.15) is 0 Å². The molecule has 1 aliphatic heterocycles. The summed E-state index contributed by atoms with van der Waals surface area (Å²) < 4.78 is 24.9. The zero-order valence-corrected chi connectivity index (χ0v) is 35.8. The van der Waals surface area contributed by atoms with Gasteiger partial charge in [0.15, 0.2) is 0 Å². The highest BCUT2D eigenvalue weighted by atomic mass is 32.2. The van der Waals surface area contributed by atoms with Gasteiger partial charge in [0.05, 0.1) is 37.4 Å². The molecule has 2 heterocycles. The van der Waals surface area contributed by atoms with Crippen molar-refractivity contribution >= 4 is 34.6 Å². The molecular formula is C42H67N7O8S. The van der Waals surface area contributed by atoms with E-state index in [1.807, 2.05) is 44.2 Å². The number of morpholine rings is 1. The topological polar surface area (TPSA) is 204 Å². The fourth-order valence-corrected chi connectivity index (χ4v) is 9.15. The molecule has 1 saturated carbocycles. The number of benzene rings is 1. The summed E-state index contributed by atoms with van der Waals surface area (Å²) in [7, 11) is -1.76. The number of carbonyl (C=O) groups excluding carboxylic acids is 4. The second kappa shape index (κ2) is 23.7. The maximum absolute atomic E-state index is 14.3. The molecule has 16 heteroatoms. The van der Waals surface area contributed by atoms with Crippen LogP contribution in [0.25, 0.3) is 0 Å². The summed E-state index contributed by atoms with van der Waals surface area (Å²) >= 11 is 0. The van der Waals surface area contributed by atoms with Gasteiger partial charge in [-0.25, -0.2) is 9.78 Å². The number of amides is 4. The van der Waals surface area contributed by atoms with Crippen molar-refractivity contribution in [2.24, 2.45) is 11.8 Å². The predicted octanol–water partition coefficient (Wildman–Crippen LogP) is 3.00. The summed E-state index contributed by atoms with van der Waals surface area (Å²) in [5.74, 6) is -1.36. The molecule has 2 fully saturated rings. The van der Waals surface area contributed by atoms with Gasteiger partial charge in [-0.3, -0.25) is 23.5 Å². The van der Waals surface area contributed by atoms with Crippen LogP contribution in [0.5, 0.6) is 0 Å². The summed E-state index contributed by atoms with van der Waals surface area (Å²) in [6.07, 6.45) is 7.13. The molecule has 1 saturated heterocycles. The van der Waals surface area contributed by atoms with E-state index < -0.39 is 63.8 Å². The first-order chi connectivity index (χ1) is 27.7. The van der Waals surface area contributed by atoms with Crippen LogP contribution in [-0.2, 0) is 47.5 Å². The lowest BCUT2D eigenvalue weighted by molar-refractivity contribution is -0.130. The van der Waals surface area contributed by atoms with Crippen LogP contribution in [0.2, 0.25) is 0 Å². The highest BCUT2D eigenvalue weighted by molar-refractivity contribution is 7.86. The Morgan fingerprint density at radius 3 is 2.28 bits per heavy atom. The number of H-pyrrole nitrogens is 1. The number of imidazole rings is 1. The van der Waals surface area contributed by atoms with Crippen molar-refractivity contribution in [1.29, 1.82) is 0 Å². The molecule has 1 aromatic heterocycles. The summed E-state index contributed by atoms with van der Waals surface area (Å²) in [4.78, 5) is 64.1. The molecule has 6 N–H and O–H groups in total. The zero-order valence-electron chi connectivity index (χ0n) is 35.0. The maximum Gasteiger partial charge on any atom is 0.408 e. The number of nitrogens with one attached hydrogen (secondary N) is 5. The Hall–Kier alpha value is -3.86. The smallest absolute Gasteiger partial charge is 0.408 e. The van der Waals surface area contributed by atoms with E-state index in [1.54, 1.807) is 27.0 Å². The Bertz CT molecular complexity index is 1580. The molecule has 0 spiro atoms. The Labute approximate surface area is 346 Å². The normalized spacial score (nSPS) is 18.6. The number of aliphatic hydroxyl groups is 1. The summed E-state index contributed by atoms with van der Waals surface area (Å²) in [6, 6.07) is 6.18. The zero-order chi connectivity index (χ0) is 42.1. The van der Waals surface area contributed by atoms with E-state index in [2.05, 4.69) is 36.1 Å². The van der Waals surface area contributed by atoms with E-state index in [1.165, 1.54) is 6.33 Å². The van der Waals surface area contributed by atoms with Crippen LogP contribution in [0.1, 0.15) is 90.8 Å². The van der Waals surface area contributed by atoms with Crippen molar-refractivity contribution in [2.75, 3.05) is 45.1 Å². The van der Waals surface area contributed by atoms with Crippen LogP contribution >= 0.6 is 0 Å². The van der Waals surface area contributed by atoms with Gasteiger partial charge >= 0.3 is 6.09 Å². The third-order valence-electron chi connectivity index (χ3n) is 10.5. The lowest BCUT2D eigenvalue weighted by Crippen LogP contribution is -2.58. The second-order valence-corrected chi connectivity index (χ2v) is 18.7. The van der Waals surface area contributed by atoms with E-state index in [4.69, 9.17) is 9.47 Å². The Balaban J connectivity index is 1.51. The quantitative estimate of drug-likeness (QED) is 0.109. The first kappa shape index (κ1) is 46.8. The van der Waals surface area contributed by atoms with E-state index >= 15 is 0 Å². The SMILES string of the molecule is CC(C)C[C@H](C(=O)NCCN1CCOCC1)S(=O)C[C@H](O)[C@H](CC1CCCCC1)NC(=O)[C@H](Cc1cnc[nH]1)NC(=O)[C@H](Cc1ccccc1)NC(=O)OC(C)(C)C. The van der Waals surface area contributed by atoms with Gasteiger partial charge in [-0.1, -0.05) is 76.3 Å². The third-order valence-corrected chi connectivity index (χ3v) is 12.2. The molecule has 1 aromatic carbocycles. The highest BCUT2D eigenvalue weighted by Gasteiger charge is 2.35. The van der Waals surface area contributed by atoms with Gasteiger partial charge in [0.2, 0.25) is 17.7 Å². The van der Waals surface area contributed by atoms with Crippen LogP contribution in [0.4, 0.5) is 4.79 Å². The van der Waals surface area contributed by atoms with Gasteiger partial charge < -0.3 is 40.8 Å². The number of aromatic nitrogens is 2. The van der Waals surface area contributed by atoms with Gasteiger partial charge in [0.1, 0.15) is 22.9 Å². The molecule has 0 radical (unpaired) electrons. The van der Waals surface area contributed by atoms with E-state index in [-0.39, 0.29) is 36.3 Å². The molecule has 1 unspecified atom stereocenters. The largest absolute Gasteiger partial charge is 0.444 e. The molecule has 1 aliphatic carbocycles. The fourth-order valence-electron chi connectivity index (χ4n) is 7.42. The number of nitrogens with zero attached hydrogens (tertiary/aromatic N) is 2. The van der Waals surface area contributed by atoms with Crippen molar-refractivity contribution in [3.05, 3.63) is 54.1 Å². The van der Waals surface area contributed by atoms with Gasteiger partial charge in [-0.05, 0) is 51.0 Å². The number of carbonyl (C=O) groups is 4. The average molecular weight is 830 g/mol. The van der Waals surface area contributed by atoms with Crippen LogP contribution in [0.3, 0.4) is 0 Å². The first-order valence-corrected chi connectivity index (χ1v) is 22.3. The number of alkyl carbamates (subject to hydrolysis) is 1. The van der Waals surface area contributed by atoms with Crippen LogP contribution in [0.15, 0.2) is 42.9 Å². The maximum atomic E-state index is 14.3. The van der Waals surface area contributed by atoms with E-state index in [9.17, 15) is 28.5 Å². The number of rotatable bonds is 21. The lowest BCUT2D eigenvalue weighted by Gasteiger charge is -2.32. The monoisotopic (exact) mass is 829 g/mol. The molecule has 6 atom stereocenters. The summed E-state index contributed by atoms with van der Waals surface area (Å²) in [6.45, 7) is 13.1. The average Bonchev–Trinajstić information content (AvgIpc) is 3.69. The molecule has 324 valence electrons. The van der Waals surface area contributed by atoms with Gasteiger partial charge in [-0.15, -0.1) is 0 Å². The van der Waals surface area contributed by atoms with Crippen LogP contribution in [0, 0.1) is 11.8 Å². The van der Waals surface area contributed by atoms with Crippen molar-refractivity contribution in [2.45, 2.75) is 127 Å². The lowest BCUT2D eigenvalue weighted by atomic mass is 9.83. The van der Waals surface area contributed by atoms with Crippen molar-refractivity contribution in [3.8, 4) is 0 Å². The van der Waals surface area contributed by atoms with Crippen LogP contribution < -0.4 is 21.3 Å². The molecule has 58 heavy (non-hydrogen) atoms. The van der Waals surface area contributed by atoms with Gasteiger partial charge in [0.25, 0.3) is 0 Å². The number of hydrogen-bond donors (Lipinski definition) is 6. The van der Waals surface area contributed by atoms with Crippen LogP contribution in [-0.4, -0.2) is 128 Å². The molecule has 2 aliphatic rings. The fraction of sp³-hybridized carbons (Fsp3) is 0.690. The van der Waals surface area contributed by atoms with Crippen molar-refractivity contribution in [3.63, 3.8) is 0 Å². The molecule has 4 rings (SSSR count). The molecule has 4 amide bonds. The Morgan fingerprint density at radius 1 is 0.966 bits per heavy atom. The standard InChI is InChI=1S/C42H67N7O8S/c1-29(2)22-37(40(53)44-16-17-49-18-20-56-21-19-49)58(55)27-36(50)33(23-30-12-8-6-9-13-30)46-39(52)35(25-32-26-43-28-45-32)47-38(51)34(24-31-14-10-7-11-15-31)48-41(54)57-42(3,4)5/h7,10-11,14-15,26,28-30,33-37,50H,6,8-9,12-13,16-25,27H2,1-5H3,(H,43,45)(H,44,53)(H,46,52)(H,47,51)(H,48,54)/t33-,34-,35-,36-,37+,58?/m0/s1. The Kier molecular flexibility index (Phi) is 19.1. The number of aromatic amines is 1. The predicted molar refractivity (Wildman–Crippen MR) is 223 cm³/mol. The number of aliphatic hydroxyl groups excluding tert-OH is 1. The summed E-state index contributed by atoms with van der Waals surface area (Å²) in [5.41, 5.74) is 0.570. The van der Waals surface area contributed by atoms with Crippen molar-refractivity contribution in [1.82, 2.24) is 36.1 Å². The molecule has 15 nitrogen and oxygen atoms in total. The highest BCUT2D eigenvalue weighted by Crippen LogP contribution is 2.28. The van der Waals surface area contributed by atoms with E-state index in [0.717, 1.165) is 50.8 Å². The number of hydrogen-bond acceptors (Lipinski definition) is 10. The third kappa shape index (κ3) is 16.8. The summed E-state index contributed by atoms with van der Waals surface area (Å²) in [5, 5.41) is 22.5. The minimum Gasteiger partial charge on any atom is -0.444 e. The Morgan fingerprint density at radius 2 is 1.64 bits per heavy atom. The first-order valence-electron chi connectivity index (χ1n) is 20.9. The molecule has 0 bridgehead atoms. The number of ether oxygens (including phenoxy) is 2. The molecule has 2 aromatic rings. The minimum absolute atomic E-state index is 0.0430. The van der Waals surface area contributed by atoms with E-state index in [0.29, 0.717) is 44.8 Å². The molecular weight excluding hydrogens is 763 g/mol. The van der Waals surface area contributed by atoms with Gasteiger partial charge in [0, 0.05) is 61.7 Å². The minimum atomic E-state index is -1.76. The van der Waals surface area contributed by atoms with Crippen molar-refractivity contribution < 1.29 is 38.0 Å². The second-order valence-electron chi connectivity index (χ2n) is 17.1.